The quantitative estimate of drug-likeness (QED) is 0.867. The molecule has 0 fully saturated rings. The van der Waals surface area contributed by atoms with Crippen molar-refractivity contribution in [3.63, 3.8) is 0 Å². The summed E-state index contributed by atoms with van der Waals surface area (Å²) < 4.78 is 12.3. The lowest BCUT2D eigenvalue weighted by atomic mass is 10.3. The highest BCUT2D eigenvalue weighted by molar-refractivity contribution is 5.44. The fourth-order valence-corrected chi connectivity index (χ4v) is 1.87. The van der Waals surface area contributed by atoms with Crippen molar-refractivity contribution in [2.45, 2.75) is 13.0 Å². The molecule has 102 valence electrons. The molecule has 2 rings (SSSR count). The number of anilines is 1. The second-order valence-electron chi connectivity index (χ2n) is 4.32. The number of nitrogens with one attached hydrogen (secondary N) is 1. The molecule has 1 unspecified atom stereocenters. The first-order chi connectivity index (χ1) is 9.24. The Hall–Kier alpha value is -2.01. The number of hydrogen-bond acceptors (Lipinski definition) is 4. The predicted molar refractivity (Wildman–Crippen MR) is 75.1 cm³/mol. The van der Waals surface area contributed by atoms with E-state index in [1.54, 1.807) is 20.4 Å². The van der Waals surface area contributed by atoms with Crippen LogP contribution in [-0.2, 0) is 4.74 Å². The van der Waals surface area contributed by atoms with Gasteiger partial charge in [0.15, 0.2) is 0 Å². The van der Waals surface area contributed by atoms with Crippen LogP contribution in [0.25, 0.3) is 5.69 Å². The maximum absolute atomic E-state index is 5.16. The molecule has 0 aliphatic carbocycles. The lowest BCUT2D eigenvalue weighted by Gasteiger charge is -2.15. The molecule has 0 aliphatic rings. The van der Waals surface area contributed by atoms with Crippen LogP contribution in [0.15, 0.2) is 36.7 Å². The zero-order valence-electron chi connectivity index (χ0n) is 11.5. The van der Waals surface area contributed by atoms with Gasteiger partial charge in [0, 0.05) is 31.2 Å². The Morgan fingerprint density at radius 1 is 1.26 bits per heavy atom. The van der Waals surface area contributed by atoms with Gasteiger partial charge in [-0.3, -0.25) is 4.57 Å². The van der Waals surface area contributed by atoms with Crippen LogP contribution in [0.3, 0.4) is 0 Å². The van der Waals surface area contributed by atoms with Crippen molar-refractivity contribution in [3.05, 3.63) is 36.7 Å². The van der Waals surface area contributed by atoms with Crippen molar-refractivity contribution < 1.29 is 9.47 Å². The van der Waals surface area contributed by atoms with E-state index in [0.717, 1.165) is 17.4 Å². The second kappa shape index (κ2) is 6.24. The molecule has 0 spiro atoms. The number of methoxy groups -OCH3 is 2. The summed E-state index contributed by atoms with van der Waals surface area (Å²) in [7, 11) is 3.35. The van der Waals surface area contributed by atoms with Crippen molar-refractivity contribution in [2.75, 3.05) is 26.1 Å². The molecule has 1 aromatic carbocycles. The molecule has 19 heavy (non-hydrogen) atoms. The number of ether oxygens (including phenoxy) is 2. The fraction of sp³-hybridized carbons (Fsp3) is 0.357. The molecule has 5 nitrogen and oxygen atoms in total. The number of aromatic nitrogens is 2. The van der Waals surface area contributed by atoms with Gasteiger partial charge in [0.05, 0.1) is 13.7 Å². The van der Waals surface area contributed by atoms with Gasteiger partial charge in [-0.2, -0.15) is 0 Å². The molecule has 5 heteroatoms. The normalized spacial score (nSPS) is 12.2. The number of nitrogens with zero attached hydrogens (tertiary/aromatic N) is 2. The topological polar surface area (TPSA) is 48.3 Å². The number of hydrogen-bond donors (Lipinski definition) is 1. The van der Waals surface area contributed by atoms with Gasteiger partial charge >= 0.3 is 0 Å². The SMILES string of the molecule is COCC(C)Nc1nccn1-c1ccc(OC)cc1. The first-order valence-electron chi connectivity index (χ1n) is 6.18. The lowest BCUT2D eigenvalue weighted by molar-refractivity contribution is 0.190. The highest BCUT2D eigenvalue weighted by Crippen LogP contribution is 2.18. The van der Waals surface area contributed by atoms with Gasteiger partial charge in [-0.25, -0.2) is 4.98 Å². The van der Waals surface area contributed by atoms with Gasteiger partial charge in [-0.05, 0) is 31.2 Å². The van der Waals surface area contributed by atoms with E-state index in [0.29, 0.717) is 6.61 Å². The summed E-state index contributed by atoms with van der Waals surface area (Å²) >= 11 is 0. The van der Waals surface area contributed by atoms with Crippen molar-refractivity contribution >= 4 is 5.95 Å². The Kier molecular flexibility index (Phi) is 4.41. The third kappa shape index (κ3) is 3.26. The van der Waals surface area contributed by atoms with E-state index < -0.39 is 0 Å². The zero-order valence-corrected chi connectivity index (χ0v) is 11.5. The molecule has 0 radical (unpaired) electrons. The van der Waals surface area contributed by atoms with Gasteiger partial charge in [-0.15, -0.1) is 0 Å². The molecule has 2 aromatic rings. The van der Waals surface area contributed by atoms with E-state index in [2.05, 4.69) is 17.2 Å². The molecule has 0 bridgehead atoms. The van der Waals surface area contributed by atoms with Gasteiger partial charge in [0.2, 0.25) is 5.95 Å². The first kappa shape index (κ1) is 13.4. The summed E-state index contributed by atoms with van der Waals surface area (Å²) in [5.74, 6) is 1.64. The van der Waals surface area contributed by atoms with Crippen molar-refractivity contribution in [1.29, 1.82) is 0 Å². The minimum absolute atomic E-state index is 0.199. The smallest absolute Gasteiger partial charge is 0.207 e. The maximum Gasteiger partial charge on any atom is 0.207 e. The van der Waals surface area contributed by atoms with Gasteiger partial charge in [-0.1, -0.05) is 0 Å². The van der Waals surface area contributed by atoms with Crippen LogP contribution in [0, 0.1) is 0 Å². The molecular formula is C14H19N3O2. The molecule has 1 atom stereocenters. The third-order valence-electron chi connectivity index (χ3n) is 2.78. The summed E-state index contributed by atoms with van der Waals surface area (Å²) in [4.78, 5) is 4.32. The Morgan fingerprint density at radius 3 is 2.63 bits per heavy atom. The minimum Gasteiger partial charge on any atom is -0.497 e. The number of rotatable bonds is 6. The van der Waals surface area contributed by atoms with E-state index in [4.69, 9.17) is 9.47 Å². The third-order valence-corrected chi connectivity index (χ3v) is 2.78. The monoisotopic (exact) mass is 261 g/mol. The standard InChI is InChI=1S/C14H19N3O2/c1-11(10-18-2)16-14-15-8-9-17(14)12-4-6-13(19-3)7-5-12/h4-9,11H,10H2,1-3H3,(H,15,16). The highest BCUT2D eigenvalue weighted by atomic mass is 16.5. The van der Waals surface area contributed by atoms with Gasteiger partial charge in [0.25, 0.3) is 0 Å². The molecule has 0 saturated carbocycles. The lowest BCUT2D eigenvalue weighted by Crippen LogP contribution is -2.22. The Morgan fingerprint density at radius 2 is 2.00 bits per heavy atom. The maximum atomic E-state index is 5.16. The molecule has 1 heterocycles. The average Bonchev–Trinajstić information content (AvgIpc) is 2.87. The van der Waals surface area contributed by atoms with E-state index >= 15 is 0 Å². The summed E-state index contributed by atoms with van der Waals surface area (Å²) in [5, 5.41) is 3.31. The summed E-state index contributed by atoms with van der Waals surface area (Å²) in [5.41, 5.74) is 1.03. The van der Waals surface area contributed by atoms with Crippen LogP contribution >= 0.6 is 0 Å². The van der Waals surface area contributed by atoms with Crippen molar-refractivity contribution in [1.82, 2.24) is 9.55 Å². The van der Waals surface area contributed by atoms with Crippen LogP contribution in [0.1, 0.15) is 6.92 Å². The molecular weight excluding hydrogens is 242 g/mol. The van der Waals surface area contributed by atoms with Crippen LogP contribution in [0.2, 0.25) is 0 Å². The van der Waals surface area contributed by atoms with Crippen LogP contribution in [0.4, 0.5) is 5.95 Å². The van der Waals surface area contributed by atoms with E-state index in [1.165, 1.54) is 0 Å². The van der Waals surface area contributed by atoms with Crippen LogP contribution in [-0.4, -0.2) is 36.4 Å². The Bertz CT molecular complexity index is 508. The van der Waals surface area contributed by atoms with Gasteiger partial charge < -0.3 is 14.8 Å². The average molecular weight is 261 g/mol. The summed E-state index contributed by atoms with van der Waals surface area (Å²) in [6.07, 6.45) is 3.69. The Labute approximate surface area is 113 Å². The van der Waals surface area contributed by atoms with E-state index in [-0.39, 0.29) is 6.04 Å². The Balaban J connectivity index is 2.18. The minimum atomic E-state index is 0.199. The largest absolute Gasteiger partial charge is 0.497 e. The number of benzene rings is 1. The first-order valence-corrected chi connectivity index (χ1v) is 6.18. The zero-order chi connectivity index (χ0) is 13.7. The summed E-state index contributed by atoms with van der Waals surface area (Å²) in [6.45, 7) is 2.69. The van der Waals surface area contributed by atoms with Crippen molar-refractivity contribution in [3.8, 4) is 11.4 Å². The predicted octanol–water partition coefficient (Wildman–Crippen LogP) is 2.33. The second-order valence-corrected chi connectivity index (χ2v) is 4.32. The molecule has 0 amide bonds. The van der Waals surface area contributed by atoms with Gasteiger partial charge in [0.1, 0.15) is 5.75 Å². The van der Waals surface area contributed by atoms with Crippen LogP contribution < -0.4 is 10.1 Å². The van der Waals surface area contributed by atoms with E-state index in [1.807, 2.05) is 35.0 Å². The van der Waals surface area contributed by atoms with Crippen molar-refractivity contribution in [2.24, 2.45) is 0 Å². The molecule has 0 saturated heterocycles. The number of imidazole rings is 1. The fourth-order valence-electron chi connectivity index (χ4n) is 1.87. The highest BCUT2D eigenvalue weighted by Gasteiger charge is 2.08. The molecule has 0 aliphatic heterocycles. The van der Waals surface area contributed by atoms with Crippen LogP contribution in [0.5, 0.6) is 5.75 Å². The molecule has 1 aromatic heterocycles. The summed E-state index contributed by atoms with van der Waals surface area (Å²) in [6, 6.07) is 8.04. The van der Waals surface area contributed by atoms with E-state index in [9.17, 15) is 0 Å². The molecule has 1 N–H and O–H groups in total.